The van der Waals surface area contributed by atoms with Gasteiger partial charge in [-0.15, -0.1) is 0 Å². The molecule has 0 fully saturated rings. The number of nitrogens with zero attached hydrogens (tertiary/aromatic N) is 1. The van der Waals surface area contributed by atoms with Crippen molar-refractivity contribution in [3.63, 3.8) is 0 Å². The van der Waals surface area contributed by atoms with Gasteiger partial charge in [-0.25, -0.2) is 4.79 Å². The van der Waals surface area contributed by atoms with E-state index in [4.69, 9.17) is 21.1 Å². The Balaban J connectivity index is 1.42. The van der Waals surface area contributed by atoms with Crippen LogP contribution < -0.4 is 14.8 Å². The first kappa shape index (κ1) is 25.1. The molecule has 0 radical (unpaired) electrons. The van der Waals surface area contributed by atoms with E-state index < -0.39 is 5.97 Å². The highest BCUT2D eigenvalue weighted by Crippen LogP contribution is 2.52. The lowest BCUT2D eigenvalue weighted by Gasteiger charge is -2.40. The number of rotatable bonds is 4. The highest BCUT2D eigenvalue weighted by Gasteiger charge is 2.41. The smallest absolute Gasteiger partial charge is 0.343 e. The number of methoxy groups -OCH3 is 1. The minimum absolute atomic E-state index is 0.127. The molecule has 0 unspecified atom stereocenters. The first-order valence-electron chi connectivity index (χ1n) is 12.8. The Hall–Kier alpha value is -4.16. The van der Waals surface area contributed by atoms with Crippen molar-refractivity contribution in [3.8, 4) is 11.5 Å². The van der Waals surface area contributed by atoms with Gasteiger partial charge in [-0.05, 0) is 77.6 Å². The molecule has 6 nitrogen and oxygen atoms in total. The van der Waals surface area contributed by atoms with Crippen molar-refractivity contribution >= 4 is 45.5 Å². The summed E-state index contributed by atoms with van der Waals surface area (Å²) < 4.78 is 11.3. The molecule has 1 aliphatic heterocycles. The summed E-state index contributed by atoms with van der Waals surface area (Å²) in [5, 5.41) is 5.19. The minimum atomic E-state index is -0.516. The van der Waals surface area contributed by atoms with Crippen LogP contribution in [0.15, 0.2) is 78.5 Å². The van der Waals surface area contributed by atoms with Gasteiger partial charge in [-0.3, -0.25) is 9.78 Å². The highest BCUT2D eigenvalue weighted by molar-refractivity contribution is 6.30. The summed E-state index contributed by atoms with van der Waals surface area (Å²) in [6.07, 6.45) is 3.03. The number of pyridine rings is 1. The first-order valence-corrected chi connectivity index (χ1v) is 13.2. The maximum atomic E-state index is 13.7. The second kappa shape index (κ2) is 9.54. The number of ketones is 1. The number of allylic oxidation sites excluding steroid dienone is 1. The monoisotopic (exact) mass is 538 g/mol. The van der Waals surface area contributed by atoms with Gasteiger partial charge in [0.2, 0.25) is 0 Å². The molecule has 196 valence electrons. The van der Waals surface area contributed by atoms with E-state index in [1.807, 2.05) is 30.3 Å². The molecule has 0 spiro atoms. The maximum absolute atomic E-state index is 13.7. The summed E-state index contributed by atoms with van der Waals surface area (Å²) in [6.45, 7) is 4.28. The number of hydrogen-bond donors (Lipinski definition) is 1. The number of halogens is 1. The van der Waals surface area contributed by atoms with Crippen LogP contribution in [-0.4, -0.2) is 23.8 Å². The standard InChI is InChI=1S/C32H27ClN2O4/c1-32(2)16-22-28-21-5-4-14-34-23(21)11-12-24(28)35-30(29(22)25(36)17-32)19-8-13-26(27(15-19)38-3)39-31(37)18-6-9-20(33)10-7-18/h4-15,30,35H,16-17H2,1-3H3/t30-/m0/s1. The van der Waals surface area contributed by atoms with Crippen molar-refractivity contribution in [3.05, 3.63) is 100 Å². The predicted molar refractivity (Wildman–Crippen MR) is 152 cm³/mol. The fourth-order valence-electron chi connectivity index (χ4n) is 5.66. The highest BCUT2D eigenvalue weighted by atomic mass is 35.5. The molecule has 0 amide bonds. The second-order valence-corrected chi connectivity index (χ2v) is 11.2. The van der Waals surface area contributed by atoms with Crippen LogP contribution in [-0.2, 0) is 4.79 Å². The van der Waals surface area contributed by atoms with Gasteiger partial charge in [0.15, 0.2) is 17.3 Å². The van der Waals surface area contributed by atoms with Crippen LogP contribution in [0.25, 0.3) is 16.5 Å². The molecule has 1 aliphatic carbocycles. The molecule has 2 aliphatic rings. The zero-order valence-corrected chi connectivity index (χ0v) is 22.6. The molecule has 2 heterocycles. The number of anilines is 1. The summed E-state index contributed by atoms with van der Waals surface area (Å²) in [4.78, 5) is 31.0. The van der Waals surface area contributed by atoms with E-state index in [9.17, 15) is 9.59 Å². The van der Waals surface area contributed by atoms with Crippen LogP contribution in [0.5, 0.6) is 11.5 Å². The number of fused-ring (bicyclic) bond motifs is 4. The van der Waals surface area contributed by atoms with Gasteiger partial charge in [-0.2, -0.15) is 0 Å². The molecular weight excluding hydrogens is 512 g/mol. The molecular formula is C32H27ClN2O4. The van der Waals surface area contributed by atoms with Crippen LogP contribution >= 0.6 is 11.6 Å². The van der Waals surface area contributed by atoms with Crippen LogP contribution in [0.1, 0.15) is 54.2 Å². The Morgan fingerprint density at radius 2 is 1.82 bits per heavy atom. The molecule has 39 heavy (non-hydrogen) atoms. The van der Waals surface area contributed by atoms with E-state index in [1.165, 1.54) is 7.11 Å². The Kier molecular flexibility index (Phi) is 6.15. The van der Waals surface area contributed by atoms with E-state index in [2.05, 4.69) is 30.2 Å². The van der Waals surface area contributed by atoms with Gasteiger partial charge in [0, 0.05) is 39.9 Å². The van der Waals surface area contributed by atoms with Gasteiger partial charge >= 0.3 is 5.97 Å². The van der Waals surface area contributed by atoms with Crippen molar-refractivity contribution in [2.24, 2.45) is 5.41 Å². The number of hydrogen-bond acceptors (Lipinski definition) is 6. The van der Waals surface area contributed by atoms with Crippen molar-refractivity contribution in [2.45, 2.75) is 32.7 Å². The van der Waals surface area contributed by atoms with Crippen molar-refractivity contribution in [1.29, 1.82) is 0 Å². The first-order chi connectivity index (χ1) is 18.7. The van der Waals surface area contributed by atoms with Crippen LogP contribution in [0.2, 0.25) is 5.02 Å². The molecule has 4 aromatic rings. The van der Waals surface area contributed by atoms with Crippen LogP contribution in [0.3, 0.4) is 0 Å². The fourth-order valence-corrected chi connectivity index (χ4v) is 5.79. The Labute approximate surface area is 231 Å². The SMILES string of the molecule is COc1cc([C@@H]2Nc3ccc4ncccc4c3C3=C2C(=O)CC(C)(C)C3)ccc1OC(=O)c1ccc(Cl)cc1. The number of aromatic nitrogens is 1. The second-order valence-electron chi connectivity index (χ2n) is 10.8. The summed E-state index contributed by atoms with van der Waals surface area (Å²) in [7, 11) is 1.53. The fraction of sp³-hybridized carbons (Fsp3) is 0.219. The largest absolute Gasteiger partial charge is 0.493 e. The lowest BCUT2D eigenvalue weighted by molar-refractivity contribution is -0.118. The number of carbonyl (C=O) groups excluding carboxylic acids is 2. The third kappa shape index (κ3) is 4.55. The van der Waals surface area contributed by atoms with Gasteiger partial charge in [-0.1, -0.05) is 37.6 Å². The molecule has 1 atom stereocenters. The van der Waals surface area contributed by atoms with Gasteiger partial charge in [0.25, 0.3) is 0 Å². The van der Waals surface area contributed by atoms with Crippen LogP contribution in [0.4, 0.5) is 5.69 Å². The quantitative estimate of drug-likeness (QED) is 0.215. The third-order valence-electron chi connectivity index (χ3n) is 7.40. The molecule has 3 aromatic carbocycles. The predicted octanol–water partition coefficient (Wildman–Crippen LogP) is 7.43. The van der Waals surface area contributed by atoms with E-state index in [0.717, 1.165) is 45.3 Å². The maximum Gasteiger partial charge on any atom is 0.343 e. The van der Waals surface area contributed by atoms with Crippen molar-refractivity contribution in [1.82, 2.24) is 4.98 Å². The molecule has 0 saturated carbocycles. The molecule has 7 heteroatoms. The van der Waals surface area contributed by atoms with E-state index >= 15 is 0 Å². The minimum Gasteiger partial charge on any atom is -0.493 e. The average Bonchev–Trinajstić information content (AvgIpc) is 2.92. The number of nitrogens with one attached hydrogen (secondary N) is 1. The van der Waals surface area contributed by atoms with Gasteiger partial charge < -0.3 is 14.8 Å². The van der Waals surface area contributed by atoms with E-state index in [-0.39, 0.29) is 17.2 Å². The molecule has 1 N–H and O–H groups in total. The zero-order chi connectivity index (χ0) is 27.3. The van der Waals surface area contributed by atoms with Gasteiger partial charge in [0.05, 0.1) is 24.2 Å². The summed E-state index contributed by atoms with van der Waals surface area (Å²) in [5.41, 5.74) is 5.80. The molecule has 6 rings (SSSR count). The van der Waals surface area contributed by atoms with Crippen molar-refractivity contribution in [2.75, 3.05) is 12.4 Å². The molecule has 1 aromatic heterocycles. The number of Topliss-reactive ketones (excluding diaryl/α,β-unsaturated/α-hetero) is 1. The topological polar surface area (TPSA) is 77.5 Å². The lowest BCUT2D eigenvalue weighted by atomic mass is 9.68. The Bertz CT molecular complexity index is 1670. The molecule has 0 saturated heterocycles. The summed E-state index contributed by atoms with van der Waals surface area (Å²) in [6, 6.07) is 19.6. The van der Waals surface area contributed by atoms with E-state index in [0.29, 0.717) is 28.5 Å². The average molecular weight is 539 g/mol. The molecule has 0 bridgehead atoms. The Morgan fingerprint density at radius 1 is 1.03 bits per heavy atom. The summed E-state index contributed by atoms with van der Waals surface area (Å²) >= 11 is 5.94. The normalized spacial score (nSPS) is 17.7. The van der Waals surface area contributed by atoms with Gasteiger partial charge in [0.1, 0.15) is 0 Å². The number of carbonyl (C=O) groups is 2. The number of esters is 1. The zero-order valence-electron chi connectivity index (χ0n) is 21.9. The lowest BCUT2D eigenvalue weighted by Crippen LogP contribution is -2.33. The summed E-state index contributed by atoms with van der Waals surface area (Å²) in [5.74, 6) is 0.302. The van der Waals surface area contributed by atoms with Crippen molar-refractivity contribution < 1.29 is 19.1 Å². The van der Waals surface area contributed by atoms with E-state index in [1.54, 1.807) is 36.5 Å². The number of benzene rings is 3. The van der Waals surface area contributed by atoms with Crippen LogP contribution in [0, 0.1) is 5.41 Å². The Morgan fingerprint density at radius 3 is 2.59 bits per heavy atom. The number of ether oxygens (including phenoxy) is 2. The third-order valence-corrected chi connectivity index (χ3v) is 7.65.